The van der Waals surface area contributed by atoms with Gasteiger partial charge in [-0.05, 0) is 68.7 Å². The van der Waals surface area contributed by atoms with Crippen molar-refractivity contribution in [2.75, 3.05) is 5.32 Å². The van der Waals surface area contributed by atoms with E-state index in [0.717, 1.165) is 22.5 Å². The molecule has 0 aliphatic carbocycles. The fraction of sp³-hybridized carbons (Fsp3) is 0.250. The molecule has 2 aromatic rings. The summed E-state index contributed by atoms with van der Waals surface area (Å²) in [4.78, 5) is 16.4. The van der Waals surface area contributed by atoms with Gasteiger partial charge >= 0.3 is 0 Å². The van der Waals surface area contributed by atoms with Gasteiger partial charge in [-0.2, -0.15) is 0 Å². The molecule has 1 amide bonds. The normalized spacial score (nSPS) is 10.3. The highest BCUT2D eigenvalue weighted by Crippen LogP contribution is 2.15. The Hall–Kier alpha value is -2.16. The second-order valence-corrected chi connectivity index (χ2v) is 4.92. The summed E-state index contributed by atoms with van der Waals surface area (Å²) < 4.78 is 0. The standard InChI is InChI=1S/C16H18N2O/c1-10-7-13(4)17-15(8-10)16(19)18-14-6-5-11(2)12(3)9-14/h5-9H,1-4H3,(H,18,19). The molecule has 3 heteroatoms. The van der Waals surface area contributed by atoms with Crippen molar-refractivity contribution in [1.82, 2.24) is 4.98 Å². The van der Waals surface area contributed by atoms with Crippen molar-refractivity contribution < 1.29 is 4.79 Å². The van der Waals surface area contributed by atoms with Crippen molar-refractivity contribution in [1.29, 1.82) is 0 Å². The first kappa shape index (κ1) is 13.3. The van der Waals surface area contributed by atoms with E-state index in [1.807, 2.05) is 52.0 Å². The summed E-state index contributed by atoms with van der Waals surface area (Å²) in [5, 5.41) is 2.88. The van der Waals surface area contributed by atoms with Crippen molar-refractivity contribution in [2.45, 2.75) is 27.7 Å². The Morgan fingerprint density at radius 2 is 1.74 bits per heavy atom. The lowest BCUT2D eigenvalue weighted by Crippen LogP contribution is -2.14. The molecule has 2 rings (SSSR count). The van der Waals surface area contributed by atoms with E-state index in [4.69, 9.17) is 0 Å². The molecule has 98 valence electrons. The number of aryl methyl sites for hydroxylation is 4. The van der Waals surface area contributed by atoms with Gasteiger partial charge < -0.3 is 5.32 Å². The number of benzene rings is 1. The minimum absolute atomic E-state index is 0.171. The van der Waals surface area contributed by atoms with E-state index in [0.29, 0.717) is 5.69 Å². The third kappa shape index (κ3) is 3.19. The summed E-state index contributed by atoms with van der Waals surface area (Å²) in [6.45, 7) is 7.92. The Labute approximate surface area is 113 Å². The maximum absolute atomic E-state index is 12.1. The lowest BCUT2D eigenvalue weighted by molar-refractivity contribution is 0.102. The van der Waals surface area contributed by atoms with Crippen LogP contribution in [0.15, 0.2) is 30.3 Å². The molecule has 1 N–H and O–H groups in total. The van der Waals surface area contributed by atoms with Gasteiger partial charge in [-0.3, -0.25) is 4.79 Å². The Morgan fingerprint density at radius 1 is 1.00 bits per heavy atom. The summed E-state index contributed by atoms with van der Waals surface area (Å²) in [5.74, 6) is -0.171. The number of amides is 1. The van der Waals surface area contributed by atoms with Crippen LogP contribution in [0.3, 0.4) is 0 Å². The van der Waals surface area contributed by atoms with Gasteiger partial charge in [-0.15, -0.1) is 0 Å². The molecule has 1 aromatic heterocycles. The van der Waals surface area contributed by atoms with E-state index in [2.05, 4.69) is 10.3 Å². The van der Waals surface area contributed by atoms with Gasteiger partial charge in [-0.25, -0.2) is 4.98 Å². The van der Waals surface area contributed by atoms with Gasteiger partial charge in [0.15, 0.2) is 0 Å². The molecule has 0 bridgehead atoms. The summed E-state index contributed by atoms with van der Waals surface area (Å²) in [6.07, 6.45) is 0. The fourth-order valence-electron chi connectivity index (χ4n) is 1.97. The van der Waals surface area contributed by atoms with Crippen molar-refractivity contribution >= 4 is 11.6 Å². The van der Waals surface area contributed by atoms with Gasteiger partial charge in [0.1, 0.15) is 5.69 Å². The number of nitrogens with zero attached hydrogens (tertiary/aromatic N) is 1. The van der Waals surface area contributed by atoms with Gasteiger partial charge in [0.2, 0.25) is 0 Å². The zero-order chi connectivity index (χ0) is 14.0. The molecule has 0 saturated carbocycles. The first-order valence-corrected chi connectivity index (χ1v) is 6.29. The van der Waals surface area contributed by atoms with Crippen LogP contribution in [0.5, 0.6) is 0 Å². The maximum atomic E-state index is 12.1. The largest absolute Gasteiger partial charge is 0.321 e. The Balaban J connectivity index is 2.22. The second-order valence-electron chi connectivity index (χ2n) is 4.92. The first-order chi connectivity index (χ1) is 8.95. The molecule has 0 spiro atoms. The topological polar surface area (TPSA) is 42.0 Å². The maximum Gasteiger partial charge on any atom is 0.274 e. The fourth-order valence-corrected chi connectivity index (χ4v) is 1.97. The quantitative estimate of drug-likeness (QED) is 0.890. The summed E-state index contributed by atoms with van der Waals surface area (Å²) >= 11 is 0. The number of carbonyl (C=O) groups excluding carboxylic acids is 1. The van der Waals surface area contributed by atoms with Crippen LogP contribution in [0, 0.1) is 27.7 Å². The number of carbonyl (C=O) groups is 1. The molecule has 1 heterocycles. The molecule has 0 aliphatic rings. The SMILES string of the molecule is Cc1cc(C)nc(C(=O)Nc2ccc(C)c(C)c2)c1. The molecule has 0 radical (unpaired) electrons. The highest BCUT2D eigenvalue weighted by molar-refractivity contribution is 6.03. The molecule has 0 fully saturated rings. The molecule has 0 saturated heterocycles. The van der Waals surface area contributed by atoms with Gasteiger partial charge in [0.05, 0.1) is 0 Å². The molecular formula is C16H18N2O. The van der Waals surface area contributed by atoms with Crippen LogP contribution in [0.1, 0.15) is 32.9 Å². The summed E-state index contributed by atoms with van der Waals surface area (Å²) in [5.41, 5.74) is 5.52. The van der Waals surface area contributed by atoms with Crippen LogP contribution in [0.4, 0.5) is 5.69 Å². The summed E-state index contributed by atoms with van der Waals surface area (Å²) in [6, 6.07) is 9.62. The minimum Gasteiger partial charge on any atom is -0.321 e. The predicted molar refractivity (Wildman–Crippen MR) is 77.6 cm³/mol. The lowest BCUT2D eigenvalue weighted by Gasteiger charge is -2.08. The number of nitrogens with one attached hydrogen (secondary N) is 1. The van der Waals surface area contributed by atoms with Crippen molar-refractivity contribution in [3.8, 4) is 0 Å². The number of aromatic nitrogens is 1. The van der Waals surface area contributed by atoms with E-state index in [-0.39, 0.29) is 5.91 Å². The lowest BCUT2D eigenvalue weighted by atomic mass is 10.1. The number of hydrogen-bond donors (Lipinski definition) is 1. The average molecular weight is 254 g/mol. The molecule has 0 unspecified atom stereocenters. The van der Waals surface area contributed by atoms with Gasteiger partial charge in [0, 0.05) is 11.4 Å². The minimum atomic E-state index is -0.171. The first-order valence-electron chi connectivity index (χ1n) is 6.29. The molecular weight excluding hydrogens is 236 g/mol. The van der Waals surface area contributed by atoms with Crippen molar-refractivity contribution in [3.63, 3.8) is 0 Å². The molecule has 3 nitrogen and oxygen atoms in total. The van der Waals surface area contributed by atoms with E-state index < -0.39 is 0 Å². The number of anilines is 1. The Bertz CT molecular complexity index is 612. The van der Waals surface area contributed by atoms with Crippen LogP contribution in [-0.4, -0.2) is 10.9 Å². The zero-order valence-electron chi connectivity index (χ0n) is 11.7. The van der Waals surface area contributed by atoms with Crippen LogP contribution in [0.25, 0.3) is 0 Å². The molecule has 19 heavy (non-hydrogen) atoms. The molecule has 0 aliphatic heterocycles. The van der Waals surface area contributed by atoms with E-state index >= 15 is 0 Å². The average Bonchev–Trinajstić information content (AvgIpc) is 2.32. The number of hydrogen-bond acceptors (Lipinski definition) is 2. The van der Waals surface area contributed by atoms with Gasteiger partial charge in [0.25, 0.3) is 5.91 Å². The zero-order valence-corrected chi connectivity index (χ0v) is 11.7. The Morgan fingerprint density at radius 3 is 2.37 bits per heavy atom. The van der Waals surface area contributed by atoms with Crippen LogP contribution in [0.2, 0.25) is 0 Å². The third-order valence-corrected chi connectivity index (χ3v) is 3.10. The van der Waals surface area contributed by atoms with E-state index in [1.165, 1.54) is 5.56 Å². The van der Waals surface area contributed by atoms with Crippen molar-refractivity contribution in [2.24, 2.45) is 0 Å². The van der Waals surface area contributed by atoms with Crippen LogP contribution in [-0.2, 0) is 0 Å². The highest BCUT2D eigenvalue weighted by Gasteiger charge is 2.09. The van der Waals surface area contributed by atoms with E-state index in [1.54, 1.807) is 6.07 Å². The molecule has 1 aromatic carbocycles. The summed E-state index contributed by atoms with van der Waals surface area (Å²) in [7, 11) is 0. The second kappa shape index (κ2) is 5.22. The monoisotopic (exact) mass is 254 g/mol. The third-order valence-electron chi connectivity index (χ3n) is 3.10. The predicted octanol–water partition coefficient (Wildman–Crippen LogP) is 3.57. The highest BCUT2D eigenvalue weighted by atomic mass is 16.1. The van der Waals surface area contributed by atoms with Crippen molar-refractivity contribution in [3.05, 3.63) is 58.4 Å². The smallest absolute Gasteiger partial charge is 0.274 e. The van der Waals surface area contributed by atoms with E-state index in [9.17, 15) is 4.79 Å². The number of pyridine rings is 1. The van der Waals surface area contributed by atoms with Gasteiger partial charge in [-0.1, -0.05) is 6.07 Å². The van der Waals surface area contributed by atoms with Crippen LogP contribution >= 0.6 is 0 Å². The Kier molecular flexibility index (Phi) is 3.65. The molecule has 0 atom stereocenters. The van der Waals surface area contributed by atoms with Crippen LogP contribution < -0.4 is 5.32 Å². The number of rotatable bonds is 2.